The van der Waals surface area contributed by atoms with E-state index in [1.165, 1.54) is 18.4 Å². The molecule has 2 unspecified atom stereocenters. The predicted octanol–water partition coefficient (Wildman–Crippen LogP) is 4.61. The average Bonchev–Trinajstić information content (AvgIpc) is 3.12. The second-order valence-electron chi connectivity index (χ2n) is 10.8. The standard InChI is InChI=1S/C27H34BNO3/c1-26(2)27(3,4)32-28(31-26)22-12-8-11-20(15-22)25(30)21-16-23-13-14-24(17-21)29(23)18-19-9-6-5-7-10-19/h5-12,15,21,23-24H,13-14,16-18H2,1-4H3. The molecule has 0 radical (unpaired) electrons. The number of carbonyl (C=O) groups is 1. The molecule has 5 heteroatoms. The Hall–Kier alpha value is -1.95. The Morgan fingerprint density at radius 3 is 2.19 bits per heavy atom. The lowest BCUT2D eigenvalue weighted by Crippen LogP contribution is -2.44. The normalized spacial score (nSPS) is 28.8. The Morgan fingerprint density at radius 1 is 0.938 bits per heavy atom. The van der Waals surface area contributed by atoms with Crippen molar-refractivity contribution >= 4 is 18.4 Å². The monoisotopic (exact) mass is 431 g/mol. The molecule has 2 aromatic carbocycles. The lowest BCUT2D eigenvalue weighted by molar-refractivity contribution is 0.00578. The lowest BCUT2D eigenvalue weighted by atomic mass is 9.77. The summed E-state index contributed by atoms with van der Waals surface area (Å²) in [6, 6.07) is 19.6. The fourth-order valence-corrected chi connectivity index (χ4v) is 5.59. The van der Waals surface area contributed by atoms with Crippen LogP contribution in [0.4, 0.5) is 0 Å². The van der Waals surface area contributed by atoms with Crippen molar-refractivity contribution in [3.05, 3.63) is 65.7 Å². The Kier molecular flexibility index (Phi) is 5.55. The molecule has 3 heterocycles. The van der Waals surface area contributed by atoms with E-state index in [1.54, 1.807) is 0 Å². The van der Waals surface area contributed by atoms with Crippen molar-refractivity contribution in [1.82, 2.24) is 4.90 Å². The summed E-state index contributed by atoms with van der Waals surface area (Å²) in [7, 11) is -0.434. The van der Waals surface area contributed by atoms with Gasteiger partial charge in [0.25, 0.3) is 0 Å². The third kappa shape index (κ3) is 3.96. The molecule has 168 valence electrons. The highest BCUT2D eigenvalue weighted by molar-refractivity contribution is 6.62. The fourth-order valence-electron chi connectivity index (χ4n) is 5.59. The minimum Gasteiger partial charge on any atom is -0.399 e. The molecule has 32 heavy (non-hydrogen) atoms. The van der Waals surface area contributed by atoms with Crippen LogP contribution in [0, 0.1) is 5.92 Å². The van der Waals surface area contributed by atoms with E-state index in [4.69, 9.17) is 9.31 Å². The molecule has 3 fully saturated rings. The third-order valence-electron chi connectivity index (χ3n) is 8.16. The van der Waals surface area contributed by atoms with E-state index in [1.807, 2.05) is 24.3 Å². The first-order chi connectivity index (χ1) is 15.2. The number of hydrogen-bond acceptors (Lipinski definition) is 4. The fraction of sp³-hybridized carbons (Fsp3) is 0.519. The van der Waals surface area contributed by atoms with E-state index < -0.39 is 7.12 Å². The van der Waals surface area contributed by atoms with E-state index in [9.17, 15) is 4.79 Å². The molecule has 2 aromatic rings. The summed E-state index contributed by atoms with van der Waals surface area (Å²) < 4.78 is 12.4. The zero-order valence-corrected chi connectivity index (χ0v) is 19.7. The number of piperidine rings is 1. The quantitative estimate of drug-likeness (QED) is 0.512. The van der Waals surface area contributed by atoms with Crippen LogP contribution in [0.2, 0.25) is 0 Å². The van der Waals surface area contributed by atoms with Crippen LogP contribution in [0.15, 0.2) is 54.6 Å². The van der Waals surface area contributed by atoms with Crippen LogP contribution in [-0.2, 0) is 15.9 Å². The van der Waals surface area contributed by atoms with E-state index >= 15 is 0 Å². The van der Waals surface area contributed by atoms with Crippen LogP contribution in [0.5, 0.6) is 0 Å². The molecule has 3 aliphatic rings. The van der Waals surface area contributed by atoms with Crippen molar-refractivity contribution in [2.75, 3.05) is 0 Å². The Labute approximate surface area is 192 Å². The minimum absolute atomic E-state index is 0.105. The number of fused-ring (bicyclic) bond motifs is 2. The molecule has 4 nitrogen and oxygen atoms in total. The maximum absolute atomic E-state index is 13.5. The number of benzene rings is 2. The van der Waals surface area contributed by atoms with Gasteiger partial charge in [0.2, 0.25) is 0 Å². The highest BCUT2D eigenvalue weighted by Gasteiger charge is 2.52. The maximum atomic E-state index is 13.5. The summed E-state index contributed by atoms with van der Waals surface area (Å²) in [5.74, 6) is 0.382. The highest BCUT2D eigenvalue weighted by Crippen LogP contribution is 2.41. The van der Waals surface area contributed by atoms with Gasteiger partial charge < -0.3 is 9.31 Å². The number of ketones is 1. The molecule has 5 rings (SSSR count). The zero-order chi connectivity index (χ0) is 22.5. The van der Waals surface area contributed by atoms with Gasteiger partial charge in [-0.3, -0.25) is 9.69 Å². The van der Waals surface area contributed by atoms with Crippen LogP contribution in [0.25, 0.3) is 0 Å². The van der Waals surface area contributed by atoms with Crippen LogP contribution in [0.1, 0.15) is 69.3 Å². The van der Waals surface area contributed by atoms with Crippen molar-refractivity contribution in [3.8, 4) is 0 Å². The molecular weight excluding hydrogens is 397 g/mol. The molecular formula is C27H34BNO3. The summed E-state index contributed by atoms with van der Waals surface area (Å²) in [5, 5.41) is 0. The third-order valence-corrected chi connectivity index (χ3v) is 8.16. The number of hydrogen-bond donors (Lipinski definition) is 0. The summed E-state index contributed by atoms with van der Waals surface area (Å²) in [6.07, 6.45) is 4.33. The van der Waals surface area contributed by atoms with Crippen LogP contribution >= 0.6 is 0 Å². The second-order valence-corrected chi connectivity index (χ2v) is 10.8. The van der Waals surface area contributed by atoms with Gasteiger partial charge in [0, 0.05) is 30.1 Å². The van der Waals surface area contributed by atoms with Gasteiger partial charge in [-0.2, -0.15) is 0 Å². The molecule has 0 aromatic heterocycles. The van der Waals surface area contributed by atoms with E-state index in [0.29, 0.717) is 12.1 Å². The Morgan fingerprint density at radius 2 is 1.56 bits per heavy atom. The van der Waals surface area contributed by atoms with Gasteiger partial charge >= 0.3 is 7.12 Å². The molecule has 0 amide bonds. The van der Waals surface area contributed by atoms with E-state index in [-0.39, 0.29) is 22.9 Å². The number of Topliss-reactive ketones (excluding diaryl/α,β-unsaturated/α-hetero) is 1. The van der Waals surface area contributed by atoms with Gasteiger partial charge in [0.15, 0.2) is 5.78 Å². The number of rotatable bonds is 5. The molecule has 3 aliphatic heterocycles. The van der Waals surface area contributed by atoms with Gasteiger partial charge in [-0.05, 0) is 64.4 Å². The number of carbonyl (C=O) groups excluding carboxylic acids is 1. The molecule has 0 N–H and O–H groups in total. The Balaban J connectivity index is 1.29. The molecule has 0 saturated carbocycles. The van der Waals surface area contributed by atoms with Crippen molar-refractivity contribution in [2.24, 2.45) is 5.92 Å². The first kappa shape index (κ1) is 21.9. The maximum Gasteiger partial charge on any atom is 0.494 e. The summed E-state index contributed by atoms with van der Waals surface area (Å²) in [4.78, 5) is 16.1. The van der Waals surface area contributed by atoms with Gasteiger partial charge in [-0.25, -0.2) is 0 Å². The first-order valence-corrected chi connectivity index (χ1v) is 12.0. The van der Waals surface area contributed by atoms with Gasteiger partial charge in [0.1, 0.15) is 0 Å². The molecule has 0 aliphatic carbocycles. The van der Waals surface area contributed by atoms with Crippen LogP contribution < -0.4 is 5.46 Å². The van der Waals surface area contributed by atoms with Crippen molar-refractivity contribution < 1.29 is 14.1 Å². The zero-order valence-electron chi connectivity index (χ0n) is 19.7. The average molecular weight is 431 g/mol. The minimum atomic E-state index is -0.434. The van der Waals surface area contributed by atoms with Gasteiger partial charge in [0.05, 0.1) is 11.2 Å². The molecule has 2 atom stereocenters. The van der Waals surface area contributed by atoms with Crippen molar-refractivity contribution in [3.63, 3.8) is 0 Å². The Bertz CT molecular complexity index is 959. The van der Waals surface area contributed by atoms with Crippen LogP contribution in [0.3, 0.4) is 0 Å². The topological polar surface area (TPSA) is 38.8 Å². The van der Waals surface area contributed by atoms with Gasteiger partial charge in [-0.1, -0.05) is 54.6 Å². The second kappa shape index (κ2) is 8.12. The van der Waals surface area contributed by atoms with E-state index in [2.05, 4.69) is 62.9 Å². The SMILES string of the molecule is CC1(C)OB(c2cccc(C(=O)C3CC4CCC(C3)N4Cc3ccccc3)c2)OC1(C)C. The van der Waals surface area contributed by atoms with Crippen molar-refractivity contribution in [2.45, 2.75) is 83.2 Å². The summed E-state index contributed by atoms with van der Waals surface area (Å²) >= 11 is 0. The lowest BCUT2D eigenvalue weighted by Gasteiger charge is -2.38. The first-order valence-electron chi connectivity index (χ1n) is 12.0. The molecule has 0 spiro atoms. The van der Waals surface area contributed by atoms with E-state index in [0.717, 1.165) is 30.4 Å². The van der Waals surface area contributed by atoms with Crippen LogP contribution in [-0.4, -0.2) is 41.1 Å². The number of nitrogens with zero attached hydrogens (tertiary/aromatic N) is 1. The molecule has 2 bridgehead atoms. The van der Waals surface area contributed by atoms with Crippen molar-refractivity contribution in [1.29, 1.82) is 0 Å². The molecule has 3 saturated heterocycles. The summed E-state index contributed by atoms with van der Waals surface area (Å²) in [5.41, 5.74) is 2.31. The largest absolute Gasteiger partial charge is 0.494 e. The summed E-state index contributed by atoms with van der Waals surface area (Å²) in [6.45, 7) is 9.22. The van der Waals surface area contributed by atoms with Gasteiger partial charge in [-0.15, -0.1) is 0 Å². The smallest absolute Gasteiger partial charge is 0.399 e. The predicted molar refractivity (Wildman–Crippen MR) is 128 cm³/mol. The highest BCUT2D eigenvalue weighted by atomic mass is 16.7.